The van der Waals surface area contributed by atoms with Gasteiger partial charge >= 0.3 is 0 Å². The third-order valence-electron chi connectivity index (χ3n) is 1.34. The van der Waals surface area contributed by atoms with Crippen LogP contribution in [0.4, 0.5) is 0 Å². The lowest BCUT2D eigenvalue weighted by atomic mass is 10.6. The lowest BCUT2D eigenvalue weighted by Gasteiger charge is -2.13. The summed E-state index contributed by atoms with van der Waals surface area (Å²) in [6, 6.07) is 0. The van der Waals surface area contributed by atoms with E-state index in [0.29, 0.717) is 18.5 Å². The SMILES string of the molecule is CCOSP(=O)(SCC1CS1)SOCC. The van der Waals surface area contributed by atoms with E-state index in [1.165, 1.54) is 17.1 Å². The number of hydrogen-bond acceptors (Lipinski definition) is 7. The average molecular weight is 306 g/mol. The van der Waals surface area contributed by atoms with Crippen LogP contribution in [0.1, 0.15) is 13.8 Å². The Labute approximate surface area is 108 Å². The van der Waals surface area contributed by atoms with Crippen molar-refractivity contribution in [2.24, 2.45) is 0 Å². The molecule has 0 bridgehead atoms. The Hall–Kier alpha value is 1.55. The van der Waals surface area contributed by atoms with Crippen LogP contribution in [0.2, 0.25) is 0 Å². The van der Waals surface area contributed by atoms with Gasteiger partial charge in [0.1, 0.15) is 0 Å². The molecule has 0 amide bonds. The van der Waals surface area contributed by atoms with Gasteiger partial charge in [0.15, 0.2) is 0 Å². The van der Waals surface area contributed by atoms with E-state index in [4.69, 9.17) is 8.37 Å². The van der Waals surface area contributed by atoms with Crippen molar-refractivity contribution >= 4 is 51.2 Å². The van der Waals surface area contributed by atoms with E-state index in [2.05, 4.69) is 0 Å². The molecule has 0 radical (unpaired) electrons. The highest BCUT2D eigenvalue weighted by molar-refractivity contribution is 9.13. The molecule has 8 heteroatoms. The molecule has 1 atom stereocenters. The molecule has 0 aromatic heterocycles. The minimum absolute atomic E-state index is 0.570. The Morgan fingerprint density at radius 2 is 1.87 bits per heavy atom. The van der Waals surface area contributed by atoms with Crippen molar-refractivity contribution in [1.82, 2.24) is 0 Å². The summed E-state index contributed by atoms with van der Waals surface area (Å²) in [6.07, 6.45) is 0. The molecule has 0 saturated carbocycles. The van der Waals surface area contributed by atoms with Gasteiger partial charge in [-0.05, 0) is 13.8 Å². The Morgan fingerprint density at radius 3 is 2.27 bits per heavy atom. The lowest BCUT2D eigenvalue weighted by molar-refractivity contribution is 0.404. The van der Waals surface area contributed by atoms with Gasteiger partial charge in [-0.2, -0.15) is 11.8 Å². The zero-order chi connectivity index (χ0) is 11.1. The van der Waals surface area contributed by atoms with Gasteiger partial charge in [0.25, 0.3) is 4.75 Å². The molecule has 1 rings (SSSR count). The summed E-state index contributed by atoms with van der Waals surface area (Å²) in [5.74, 6) is 2.13. The van der Waals surface area contributed by atoms with Crippen molar-refractivity contribution in [1.29, 1.82) is 0 Å². The van der Waals surface area contributed by atoms with Crippen LogP contribution in [0.15, 0.2) is 0 Å². The Morgan fingerprint density at radius 1 is 1.33 bits per heavy atom. The second-order valence-electron chi connectivity index (χ2n) is 2.66. The fraction of sp³-hybridized carbons (Fsp3) is 1.00. The van der Waals surface area contributed by atoms with E-state index in [-0.39, 0.29) is 0 Å². The molecule has 1 unspecified atom stereocenters. The lowest BCUT2D eigenvalue weighted by Crippen LogP contribution is -1.86. The maximum absolute atomic E-state index is 12.3. The quantitative estimate of drug-likeness (QED) is 0.357. The van der Waals surface area contributed by atoms with E-state index >= 15 is 0 Å². The molecule has 0 spiro atoms. The highest BCUT2D eigenvalue weighted by Gasteiger charge is 2.32. The van der Waals surface area contributed by atoms with E-state index in [9.17, 15) is 4.57 Å². The summed E-state index contributed by atoms with van der Waals surface area (Å²) >= 11 is 5.56. The summed E-state index contributed by atoms with van der Waals surface area (Å²) in [5.41, 5.74) is 0. The number of rotatable bonds is 9. The Bertz CT molecular complexity index is 212. The van der Waals surface area contributed by atoms with Gasteiger partial charge in [-0.15, -0.1) is 0 Å². The predicted octanol–water partition coefficient (Wildman–Crippen LogP) is 4.31. The summed E-state index contributed by atoms with van der Waals surface area (Å²) < 4.78 is 20.2. The molecule has 1 aliphatic heterocycles. The smallest absolute Gasteiger partial charge is 0.295 e. The third-order valence-corrected chi connectivity index (χ3v) is 11.7. The second-order valence-corrected chi connectivity index (χ2v) is 14.6. The van der Waals surface area contributed by atoms with Gasteiger partial charge in [0.2, 0.25) is 0 Å². The van der Waals surface area contributed by atoms with Gasteiger partial charge in [-0.1, -0.05) is 11.4 Å². The average Bonchev–Trinajstić information content (AvgIpc) is 3.05. The molecule has 90 valence electrons. The van der Waals surface area contributed by atoms with Crippen LogP contribution < -0.4 is 0 Å². The van der Waals surface area contributed by atoms with Gasteiger partial charge in [0, 0.05) is 16.8 Å². The first-order valence-electron chi connectivity index (χ1n) is 4.68. The predicted molar refractivity (Wildman–Crippen MR) is 74.7 cm³/mol. The van der Waals surface area contributed by atoms with Crippen LogP contribution in [-0.4, -0.2) is 30.0 Å². The van der Waals surface area contributed by atoms with Crippen molar-refractivity contribution < 1.29 is 12.9 Å². The largest absolute Gasteiger partial charge is 0.307 e. The van der Waals surface area contributed by atoms with E-state index in [1.807, 2.05) is 25.6 Å². The zero-order valence-corrected chi connectivity index (χ0v) is 12.9. The molecule has 1 fully saturated rings. The Kier molecular flexibility index (Phi) is 7.59. The first-order chi connectivity index (χ1) is 7.20. The van der Waals surface area contributed by atoms with Gasteiger partial charge in [-0.25, -0.2) is 0 Å². The summed E-state index contributed by atoms with van der Waals surface area (Å²) in [4.78, 5) is 0. The molecule has 0 aromatic carbocycles. The molecule has 1 saturated heterocycles. The van der Waals surface area contributed by atoms with Crippen molar-refractivity contribution in [2.75, 3.05) is 24.7 Å². The van der Waals surface area contributed by atoms with E-state index in [0.717, 1.165) is 29.1 Å². The van der Waals surface area contributed by atoms with Gasteiger partial charge < -0.3 is 8.37 Å². The fourth-order valence-corrected chi connectivity index (χ4v) is 9.44. The molecule has 1 aliphatic rings. The summed E-state index contributed by atoms with van der Waals surface area (Å²) in [6.45, 7) is 4.92. The molecular weight excluding hydrogens is 291 g/mol. The monoisotopic (exact) mass is 306 g/mol. The minimum atomic E-state index is -2.47. The van der Waals surface area contributed by atoms with Crippen molar-refractivity contribution in [3.05, 3.63) is 0 Å². The van der Waals surface area contributed by atoms with Crippen LogP contribution in [0.25, 0.3) is 0 Å². The van der Waals surface area contributed by atoms with Crippen molar-refractivity contribution in [2.45, 2.75) is 19.1 Å². The molecule has 15 heavy (non-hydrogen) atoms. The third kappa shape index (κ3) is 6.76. The molecule has 0 aromatic rings. The second kappa shape index (κ2) is 7.80. The van der Waals surface area contributed by atoms with Crippen LogP contribution in [-0.2, 0) is 12.9 Å². The summed E-state index contributed by atoms with van der Waals surface area (Å²) in [7, 11) is 0. The minimum Gasteiger partial charge on any atom is -0.307 e. The highest BCUT2D eigenvalue weighted by atomic mass is 33.4. The van der Waals surface area contributed by atoms with E-state index in [1.54, 1.807) is 0 Å². The van der Waals surface area contributed by atoms with Crippen molar-refractivity contribution in [3.8, 4) is 0 Å². The molecule has 0 aliphatic carbocycles. The fourth-order valence-electron chi connectivity index (χ4n) is 0.629. The summed E-state index contributed by atoms with van der Waals surface area (Å²) in [5, 5.41) is 0.688. The molecule has 1 heterocycles. The van der Waals surface area contributed by atoms with E-state index < -0.39 is 4.75 Å². The zero-order valence-electron chi connectivity index (χ0n) is 8.71. The standard InChI is InChI=1S/C7H15O3PS4/c1-3-9-14-11(8,15-10-4-2)13-6-7-5-12-7/h7H,3-6H2,1-2H3. The maximum Gasteiger partial charge on any atom is 0.295 e. The van der Waals surface area contributed by atoms with Crippen LogP contribution in [0.3, 0.4) is 0 Å². The first-order valence-corrected chi connectivity index (χ1v) is 11.7. The number of thioether (sulfide) groups is 1. The highest BCUT2D eigenvalue weighted by Crippen LogP contribution is 2.78. The first kappa shape index (κ1) is 14.6. The maximum atomic E-state index is 12.3. The molecule has 0 N–H and O–H groups in total. The topological polar surface area (TPSA) is 35.5 Å². The molecule has 3 nitrogen and oxygen atoms in total. The van der Waals surface area contributed by atoms with Crippen LogP contribution in [0.5, 0.6) is 0 Å². The Balaban J connectivity index is 2.30. The van der Waals surface area contributed by atoms with Crippen LogP contribution >= 0.6 is 51.2 Å². The number of hydrogen-bond donors (Lipinski definition) is 0. The van der Waals surface area contributed by atoms with Gasteiger partial charge in [0.05, 0.1) is 36.5 Å². The van der Waals surface area contributed by atoms with Crippen molar-refractivity contribution in [3.63, 3.8) is 0 Å². The van der Waals surface area contributed by atoms with Crippen LogP contribution in [0, 0.1) is 0 Å². The molecular formula is C7H15O3PS4. The normalized spacial score (nSPS) is 20.5. The van der Waals surface area contributed by atoms with Gasteiger partial charge in [-0.3, -0.25) is 4.57 Å².